The van der Waals surface area contributed by atoms with Crippen molar-refractivity contribution in [2.24, 2.45) is 11.8 Å². The predicted octanol–water partition coefficient (Wildman–Crippen LogP) is 2.26. The molecular formula is C22H26N2O5. The van der Waals surface area contributed by atoms with Gasteiger partial charge in [-0.15, -0.1) is 0 Å². The van der Waals surface area contributed by atoms with Gasteiger partial charge in [-0.05, 0) is 30.9 Å². The molecule has 4 aliphatic heterocycles. The number of allylic oxidation sites excluding steroid dienone is 1. The van der Waals surface area contributed by atoms with E-state index in [9.17, 15) is 4.79 Å². The first kappa shape index (κ1) is 17.6. The minimum Gasteiger partial charge on any atom is -0.493 e. The molecule has 154 valence electrons. The van der Waals surface area contributed by atoms with Crippen molar-refractivity contribution in [3.05, 3.63) is 29.3 Å². The molecule has 3 saturated heterocycles. The number of hydrogen-bond donors (Lipinski definition) is 1. The number of hydrogen-bond acceptors (Lipinski definition) is 7. The van der Waals surface area contributed by atoms with Crippen molar-refractivity contribution >= 4 is 11.7 Å². The van der Waals surface area contributed by atoms with Crippen LogP contribution in [0.3, 0.4) is 0 Å². The molecule has 1 aromatic carbocycles. The highest BCUT2D eigenvalue weighted by atomic mass is 16.6. The van der Waals surface area contributed by atoms with E-state index in [0.717, 1.165) is 30.6 Å². The number of carbonyl (C=O) groups is 1. The van der Waals surface area contributed by atoms with Crippen LogP contribution in [0, 0.1) is 11.8 Å². The lowest BCUT2D eigenvalue weighted by molar-refractivity contribution is -0.161. The average Bonchev–Trinajstić information content (AvgIpc) is 3.33. The van der Waals surface area contributed by atoms with Crippen molar-refractivity contribution in [3.63, 3.8) is 0 Å². The van der Waals surface area contributed by atoms with Gasteiger partial charge in [0, 0.05) is 24.7 Å². The van der Waals surface area contributed by atoms with Crippen LogP contribution in [-0.4, -0.2) is 56.7 Å². The number of fused-ring (bicyclic) bond motifs is 4. The smallest absolute Gasteiger partial charge is 0.310 e. The van der Waals surface area contributed by atoms with Crippen LogP contribution in [0.1, 0.15) is 25.3 Å². The molecule has 0 amide bonds. The first-order chi connectivity index (χ1) is 14.0. The Morgan fingerprint density at radius 1 is 1.28 bits per heavy atom. The standard InChI is InChI=1S/C22H26N2O5/c1-5-11-10-24-17-6-12(11)19(20(25)28-4)21-9-18(24)29-22(17,21)23-14-8-16(27-3)15(26-2)7-13(14)21/h5,7-8,12,17-19,23H,6,9-10H2,1-4H3. The molecule has 1 saturated carbocycles. The van der Waals surface area contributed by atoms with E-state index < -0.39 is 11.1 Å². The summed E-state index contributed by atoms with van der Waals surface area (Å²) < 4.78 is 23.3. The lowest BCUT2D eigenvalue weighted by atomic mass is 9.49. The number of benzene rings is 1. The molecule has 29 heavy (non-hydrogen) atoms. The third-order valence-electron chi connectivity index (χ3n) is 8.12. The Balaban J connectivity index is 1.64. The normalized spacial score (nSPS) is 41.9. The first-order valence-electron chi connectivity index (χ1n) is 10.3. The second-order valence-corrected chi connectivity index (χ2v) is 8.76. The molecule has 1 N–H and O–H groups in total. The van der Waals surface area contributed by atoms with Gasteiger partial charge in [-0.3, -0.25) is 9.69 Å². The summed E-state index contributed by atoms with van der Waals surface area (Å²) >= 11 is 0. The van der Waals surface area contributed by atoms with Crippen LogP contribution < -0.4 is 14.8 Å². The maximum Gasteiger partial charge on any atom is 0.310 e. The Morgan fingerprint density at radius 3 is 2.72 bits per heavy atom. The molecule has 4 heterocycles. The first-order valence-corrected chi connectivity index (χ1v) is 10.3. The molecule has 1 aliphatic carbocycles. The Bertz CT molecular complexity index is 961. The summed E-state index contributed by atoms with van der Waals surface area (Å²) in [6, 6.07) is 4.24. The zero-order valence-corrected chi connectivity index (χ0v) is 17.2. The van der Waals surface area contributed by atoms with Crippen LogP contribution >= 0.6 is 0 Å². The summed E-state index contributed by atoms with van der Waals surface area (Å²) in [6.45, 7) is 2.92. The van der Waals surface area contributed by atoms with Gasteiger partial charge in [-0.2, -0.15) is 0 Å². The van der Waals surface area contributed by atoms with Gasteiger partial charge in [0.1, 0.15) is 6.23 Å². The highest BCUT2D eigenvalue weighted by Crippen LogP contribution is 2.72. The quantitative estimate of drug-likeness (QED) is 0.619. The number of ether oxygens (including phenoxy) is 4. The van der Waals surface area contributed by atoms with Gasteiger partial charge in [0.15, 0.2) is 17.2 Å². The Hall–Kier alpha value is -2.25. The maximum atomic E-state index is 13.3. The molecule has 1 spiro atoms. The van der Waals surface area contributed by atoms with Gasteiger partial charge in [-0.25, -0.2) is 0 Å². The molecule has 4 fully saturated rings. The summed E-state index contributed by atoms with van der Waals surface area (Å²) in [6.07, 6.45) is 3.84. The number of anilines is 1. The number of rotatable bonds is 3. The van der Waals surface area contributed by atoms with Gasteiger partial charge in [0.25, 0.3) is 0 Å². The van der Waals surface area contributed by atoms with E-state index in [-0.39, 0.29) is 30.1 Å². The minimum atomic E-state index is -0.619. The fourth-order valence-electron chi connectivity index (χ4n) is 7.12. The largest absolute Gasteiger partial charge is 0.493 e. The van der Waals surface area contributed by atoms with Gasteiger partial charge < -0.3 is 24.3 Å². The van der Waals surface area contributed by atoms with E-state index >= 15 is 0 Å². The van der Waals surface area contributed by atoms with Crippen molar-refractivity contribution in [1.82, 2.24) is 4.90 Å². The number of piperidine rings is 2. The summed E-state index contributed by atoms with van der Waals surface area (Å²) in [4.78, 5) is 15.8. The number of nitrogens with one attached hydrogen (secondary N) is 1. The number of methoxy groups -OCH3 is 3. The zero-order chi connectivity index (χ0) is 20.1. The third kappa shape index (κ3) is 1.73. The van der Waals surface area contributed by atoms with E-state index in [1.165, 1.54) is 12.7 Å². The topological polar surface area (TPSA) is 69.3 Å². The van der Waals surface area contributed by atoms with Crippen LogP contribution in [0.4, 0.5) is 5.69 Å². The highest BCUT2D eigenvalue weighted by Gasteiger charge is 2.82. The van der Waals surface area contributed by atoms with Gasteiger partial charge in [-0.1, -0.05) is 11.6 Å². The monoisotopic (exact) mass is 398 g/mol. The molecule has 1 aromatic rings. The van der Waals surface area contributed by atoms with Crippen molar-refractivity contribution in [2.45, 2.75) is 43.2 Å². The molecule has 6 atom stereocenters. The Kier molecular flexibility index (Phi) is 3.31. The molecule has 0 radical (unpaired) electrons. The van der Waals surface area contributed by atoms with E-state index in [0.29, 0.717) is 11.5 Å². The Morgan fingerprint density at radius 2 is 2.03 bits per heavy atom. The molecule has 5 aliphatic rings. The minimum absolute atomic E-state index is 0.00268. The second-order valence-electron chi connectivity index (χ2n) is 8.76. The van der Waals surface area contributed by atoms with Crippen molar-refractivity contribution in [3.8, 4) is 11.5 Å². The second kappa shape index (κ2) is 5.46. The van der Waals surface area contributed by atoms with Crippen molar-refractivity contribution < 1.29 is 23.7 Å². The molecule has 7 heteroatoms. The Labute approximate surface area is 169 Å². The van der Waals surface area contributed by atoms with Gasteiger partial charge >= 0.3 is 5.97 Å². The summed E-state index contributed by atoms with van der Waals surface area (Å²) in [5.41, 5.74) is 2.25. The van der Waals surface area contributed by atoms with Gasteiger partial charge in [0.05, 0.1) is 38.7 Å². The van der Waals surface area contributed by atoms with Crippen LogP contribution in [0.25, 0.3) is 0 Å². The summed E-state index contributed by atoms with van der Waals surface area (Å²) in [7, 11) is 4.77. The van der Waals surface area contributed by atoms with Crippen LogP contribution in [0.5, 0.6) is 11.5 Å². The summed E-state index contributed by atoms with van der Waals surface area (Å²) in [5.74, 6) is 1.05. The van der Waals surface area contributed by atoms with Gasteiger partial charge in [0.2, 0.25) is 0 Å². The lowest BCUT2D eigenvalue weighted by Crippen LogP contribution is -2.73. The highest BCUT2D eigenvalue weighted by molar-refractivity contribution is 5.82. The van der Waals surface area contributed by atoms with Crippen molar-refractivity contribution in [1.29, 1.82) is 0 Å². The van der Waals surface area contributed by atoms with Crippen molar-refractivity contribution in [2.75, 3.05) is 33.2 Å². The molecule has 7 nitrogen and oxygen atoms in total. The number of nitrogens with zero attached hydrogens (tertiary/aromatic N) is 1. The van der Waals surface area contributed by atoms with Crippen LogP contribution in [0.15, 0.2) is 23.8 Å². The van der Waals surface area contributed by atoms with E-state index in [2.05, 4.69) is 23.2 Å². The maximum absolute atomic E-state index is 13.3. The van der Waals surface area contributed by atoms with E-state index in [1.807, 2.05) is 12.1 Å². The molecular weight excluding hydrogens is 372 g/mol. The molecule has 6 unspecified atom stereocenters. The SMILES string of the molecule is CC=C1CN2C3CC45c6cc(OC)c(OC)cc6NC4(O3)C2CC1C5C(=O)OC. The molecule has 0 aromatic heterocycles. The van der Waals surface area contributed by atoms with E-state index in [4.69, 9.17) is 18.9 Å². The summed E-state index contributed by atoms with van der Waals surface area (Å²) in [5, 5.41) is 3.72. The number of esters is 1. The zero-order valence-electron chi connectivity index (χ0n) is 17.2. The fourth-order valence-corrected chi connectivity index (χ4v) is 7.12. The number of carbonyl (C=O) groups excluding carboxylic acids is 1. The van der Waals surface area contributed by atoms with Crippen LogP contribution in [0.2, 0.25) is 0 Å². The fraction of sp³-hybridized carbons (Fsp3) is 0.591. The predicted molar refractivity (Wildman–Crippen MR) is 105 cm³/mol. The van der Waals surface area contributed by atoms with E-state index in [1.54, 1.807) is 14.2 Å². The molecule has 6 rings (SSSR count). The third-order valence-corrected chi connectivity index (χ3v) is 8.12. The van der Waals surface area contributed by atoms with Crippen LogP contribution in [-0.2, 0) is 19.7 Å². The molecule has 4 bridgehead atoms. The lowest BCUT2D eigenvalue weighted by Gasteiger charge is -2.60. The average molecular weight is 398 g/mol.